The molecule has 35 heavy (non-hydrogen) atoms. The largest absolute Gasteiger partial charge is 0.503 e. The first-order valence-corrected chi connectivity index (χ1v) is 12.4. The van der Waals surface area contributed by atoms with Gasteiger partial charge in [-0.15, -0.1) is 0 Å². The molecule has 2 saturated carbocycles. The van der Waals surface area contributed by atoms with Crippen molar-refractivity contribution >= 4 is 23.3 Å². The van der Waals surface area contributed by atoms with Crippen LogP contribution in [-0.2, 0) is 13.1 Å². The van der Waals surface area contributed by atoms with E-state index in [9.17, 15) is 29.0 Å². The second-order valence-electron chi connectivity index (χ2n) is 10.3. The lowest BCUT2D eigenvalue weighted by molar-refractivity contribution is -0.0220. The summed E-state index contributed by atoms with van der Waals surface area (Å²) in [7, 11) is 0. The number of halogens is 2. The number of hydrogen-bond donors (Lipinski definition) is 3. The summed E-state index contributed by atoms with van der Waals surface area (Å²) < 4.78 is 15.7. The number of ketones is 1. The number of hydrogen-bond acceptors (Lipinski definition) is 5. The SMILES string of the molecule is CCCC1C2C(=O)c3c(O)c(=O)c(C(=O)NCc4cccc(Cl)c4F)cn3CC3(CC(CO)C3)C12. The predicted molar refractivity (Wildman–Crippen MR) is 127 cm³/mol. The number of aromatic hydroxyl groups is 1. The average Bonchev–Trinajstić information content (AvgIpc) is 3.54. The van der Waals surface area contributed by atoms with Crippen molar-refractivity contribution in [3.05, 3.63) is 62.3 Å². The maximum absolute atomic E-state index is 14.2. The number of pyridine rings is 1. The second kappa shape index (κ2) is 8.75. The molecule has 7 nitrogen and oxygen atoms in total. The summed E-state index contributed by atoms with van der Waals surface area (Å²) >= 11 is 5.79. The van der Waals surface area contributed by atoms with Crippen LogP contribution in [0.2, 0.25) is 5.02 Å². The molecular weight excluding hydrogens is 475 g/mol. The minimum Gasteiger partial charge on any atom is -0.503 e. The van der Waals surface area contributed by atoms with Crippen LogP contribution in [-0.4, -0.2) is 33.1 Å². The number of rotatable bonds is 6. The fraction of sp³-hybridized carbons (Fsp3) is 0.500. The molecule has 1 spiro atoms. The quantitative estimate of drug-likeness (QED) is 0.560. The van der Waals surface area contributed by atoms with Crippen molar-refractivity contribution in [1.82, 2.24) is 9.88 Å². The molecule has 9 heteroatoms. The third-order valence-electron chi connectivity index (χ3n) is 8.14. The molecule has 2 heterocycles. The first kappa shape index (κ1) is 24.0. The van der Waals surface area contributed by atoms with Gasteiger partial charge in [0.15, 0.2) is 11.5 Å². The van der Waals surface area contributed by atoms with Crippen molar-refractivity contribution in [2.24, 2.45) is 29.1 Å². The number of aliphatic hydroxyl groups is 1. The van der Waals surface area contributed by atoms with Crippen LogP contribution in [0.4, 0.5) is 4.39 Å². The lowest BCUT2D eigenvalue weighted by atomic mass is 9.58. The summed E-state index contributed by atoms with van der Waals surface area (Å²) in [6.07, 6.45) is 4.71. The molecule has 3 aliphatic rings. The van der Waals surface area contributed by atoms with Crippen LogP contribution in [0.5, 0.6) is 5.75 Å². The molecule has 186 valence electrons. The second-order valence-corrected chi connectivity index (χ2v) is 10.7. The summed E-state index contributed by atoms with van der Waals surface area (Å²) in [6.45, 7) is 2.35. The van der Waals surface area contributed by atoms with E-state index in [1.165, 1.54) is 18.3 Å². The summed E-state index contributed by atoms with van der Waals surface area (Å²) in [5.74, 6) is -2.12. The van der Waals surface area contributed by atoms with Crippen LogP contribution in [0.15, 0.2) is 29.2 Å². The smallest absolute Gasteiger partial charge is 0.257 e. The highest BCUT2D eigenvalue weighted by atomic mass is 35.5. The average molecular weight is 503 g/mol. The number of carbonyl (C=O) groups is 2. The Morgan fingerprint density at radius 2 is 2.06 bits per heavy atom. The molecule has 1 aliphatic heterocycles. The molecule has 3 atom stereocenters. The highest BCUT2D eigenvalue weighted by Gasteiger charge is 2.68. The molecule has 0 bridgehead atoms. The van der Waals surface area contributed by atoms with Crippen LogP contribution < -0.4 is 10.7 Å². The van der Waals surface area contributed by atoms with E-state index < -0.39 is 22.9 Å². The van der Waals surface area contributed by atoms with Gasteiger partial charge in [0.1, 0.15) is 17.1 Å². The monoisotopic (exact) mass is 502 g/mol. The fourth-order valence-corrected chi connectivity index (χ4v) is 6.83. The molecular formula is C26H28ClFN2O5. The Kier molecular flexibility index (Phi) is 6.00. The molecule has 0 saturated heterocycles. The lowest BCUT2D eigenvalue weighted by Gasteiger charge is -2.48. The number of aromatic nitrogens is 1. The Balaban J connectivity index is 1.48. The molecule has 5 rings (SSSR count). The summed E-state index contributed by atoms with van der Waals surface area (Å²) in [6, 6.07) is 4.41. The summed E-state index contributed by atoms with van der Waals surface area (Å²) in [5.41, 5.74) is -1.32. The fourth-order valence-electron chi connectivity index (χ4n) is 6.63. The van der Waals surface area contributed by atoms with E-state index in [1.807, 2.05) is 0 Å². The normalized spacial score (nSPS) is 28.6. The predicted octanol–water partition coefficient (Wildman–Crippen LogP) is 3.52. The standard InChI is InChI=1S/C26H28ClFN2O5/c1-2-4-15-18-19(15)26(7-13(8-26)11-31)12-30-10-16(22(32)24(34)21(30)23(18)33)25(35)29-9-14-5-3-6-17(27)20(14)28/h3,5-6,10,13,15,18-19,31,34H,2,4,7-9,11-12H2,1H3,(H,29,35). The molecule has 1 aromatic carbocycles. The number of Topliss-reactive ketones (excluding diaryl/α,β-unsaturated/α-hetero) is 1. The van der Waals surface area contributed by atoms with E-state index in [0.717, 1.165) is 25.7 Å². The van der Waals surface area contributed by atoms with Gasteiger partial charge in [-0.25, -0.2) is 4.39 Å². The maximum atomic E-state index is 14.2. The third-order valence-corrected chi connectivity index (χ3v) is 8.43. The molecule has 2 aliphatic carbocycles. The number of carbonyl (C=O) groups excluding carboxylic acids is 2. The Morgan fingerprint density at radius 3 is 2.74 bits per heavy atom. The number of amides is 1. The molecule has 3 N–H and O–H groups in total. The van der Waals surface area contributed by atoms with Crippen LogP contribution in [0.1, 0.15) is 59.0 Å². The van der Waals surface area contributed by atoms with Gasteiger partial charge < -0.3 is 20.1 Å². The van der Waals surface area contributed by atoms with Gasteiger partial charge in [0, 0.05) is 37.4 Å². The molecule has 2 fully saturated rings. The molecule has 1 aromatic heterocycles. The summed E-state index contributed by atoms with van der Waals surface area (Å²) in [5, 5.41) is 22.9. The maximum Gasteiger partial charge on any atom is 0.257 e. The van der Waals surface area contributed by atoms with Crippen molar-refractivity contribution < 1.29 is 24.2 Å². The molecule has 0 radical (unpaired) electrons. The zero-order chi connectivity index (χ0) is 25.1. The third kappa shape index (κ3) is 3.78. The van der Waals surface area contributed by atoms with Gasteiger partial charge in [-0.2, -0.15) is 0 Å². The zero-order valence-electron chi connectivity index (χ0n) is 19.4. The Bertz CT molecular complexity index is 1270. The minimum atomic E-state index is -0.921. The minimum absolute atomic E-state index is 0.0367. The van der Waals surface area contributed by atoms with Crippen LogP contribution in [0, 0.1) is 34.9 Å². The van der Waals surface area contributed by atoms with Crippen molar-refractivity contribution in [3.8, 4) is 5.75 Å². The van der Waals surface area contributed by atoms with Gasteiger partial charge in [0.05, 0.1) is 5.02 Å². The van der Waals surface area contributed by atoms with Gasteiger partial charge in [0.25, 0.3) is 5.91 Å². The van der Waals surface area contributed by atoms with Gasteiger partial charge in [-0.1, -0.05) is 37.1 Å². The van der Waals surface area contributed by atoms with Crippen LogP contribution in [0.25, 0.3) is 0 Å². The number of fused-ring (bicyclic) bond motifs is 3. The van der Waals surface area contributed by atoms with Crippen molar-refractivity contribution in [1.29, 1.82) is 0 Å². The number of nitrogens with one attached hydrogen (secondary N) is 1. The topological polar surface area (TPSA) is 109 Å². The zero-order valence-corrected chi connectivity index (χ0v) is 20.1. The number of aliphatic hydroxyl groups excluding tert-OH is 1. The van der Waals surface area contributed by atoms with Crippen molar-refractivity contribution in [3.63, 3.8) is 0 Å². The van der Waals surface area contributed by atoms with Crippen LogP contribution >= 0.6 is 11.6 Å². The van der Waals surface area contributed by atoms with E-state index in [2.05, 4.69) is 12.2 Å². The van der Waals surface area contributed by atoms with E-state index in [0.29, 0.717) is 6.54 Å². The van der Waals surface area contributed by atoms with E-state index in [1.54, 1.807) is 10.6 Å². The van der Waals surface area contributed by atoms with E-state index in [-0.39, 0.29) is 69.9 Å². The van der Waals surface area contributed by atoms with Gasteiger partial charge in [-0.05, 0) is 48.5 Å². The lowest BCUT2D eigenvalue weighted by Crippen LogP contribution is -2.44. The first-order valence-electron chi connectivity index (χ1n) is 12.0. The highest BCUT2D eigenvalue weighted by Crippen LogP contribution is 2.69. The van der Waals surface area contributed by atoms with Crippen molar-refractivity contribution in [2.75, 3.05) is 6.61 Å². The van der Waals surface area contributed by atoms with E-state index in [4.69, 9.17) is 11.6 Å². The Morgan fingerprint density at radius 1 is 1.31 bits per heavy atom. The van der Waals surface area contributed by atoms with Gasteiger partial charge >= 0.3 is 0 Å². The summed E-state index contributed by atoms with van der Waals surface area (Å²) in [4.78, 5) is 39.3. The Hall–Kier alpha value is -2.71. The molecule has 2 aromatic rings. The first-order chi connectivity index (χ1) is 16.7. The van der Waals surface area contributed by atoms with Crippen molar-refractivity contribution in [2.45, 2.75) is 45.7 Å². The van der Waals surface area contributed by atoms with E-state index >= 15 is 0 Å². The molecule has 1 amide bonds. The molecule has 3 unspecified atom stereocenters. The number of benzene rings is 1. The van der Waals surface area contributed by atoms with Gasteiger partial charge in [-0.3, -0.25) is 14.4 Å². The Labute approximate surface area is 206 Å². The number of nitrogens with zero attached hydrogens (tertiary/aromatic N) is 1. The van der Waals surface area contributed by atoms with Gasteiger partial charge in [0.2, 0.25) is 5.43 Å². The van der Waals surface area contributed by atoms with Crippen LogP contribution in [0.3, 0.4) is 0 Å². The highest BCUT2D eigenvalue weighted by molar-refractivity contribution is 6.30.